The number of nitrogens with one attached hydrogen (secondary N) is 2. The first-order chi connectivity index (χ1) is 15.9. The normalized spacial score (nSPS) is 11.3. The molecule has 0 atom stereocenters. The van der Waals surface area contributed by atoms with E-state index >= 15 is 0 Å². The lowest BCUT2D eigenvalue weighted by Gasteiger charge is -2.14. The number of ether oxygens (including phenoxy) is 1. The fraction of sp³-hybridized carbons (Fsp3) is 0.200. The van der Waals surface area contributed by atoms with Crippen LogP contribution in [0, 0.1) is 6.92 Å². The number of aromatic nitrogens is 2. The Hall–Kier alpha value is -3.65. The molecule has 0 spiro atoms. The Balaban J connectivity index is 1.68. The van der Waals surface area contributed by atoms with Crippen LogP contribution in [-0.2, 0) is 10.0 Å². The van der Waals surface area contributed by atoms with Crippen LogP contribution in [0.3, 0.4) is 0 Å². The topological polar surface area (TPSA) is 93.2 Å². The van der Waals surface area contributed by atoms with Gasteiger partial charge in [-0.3, -0.25) is 4.72 Å². The summed E-state index contributed by atoms with van der Waals surface area (Å²) in [5.74, 6) is 1.14. The summed E-state index contributed by atoms with van der Waals surface area (Å²) in [4.78, 5) is 9.32. The van der Waals surface area contributed by atoms with Gasteiger partial charge in [0.15, 0.2) is 11.6 Å². The zero-order valence-electron chi connectivity index (χ0n) is 18.6. The van der Waals surface area contributed by atoms with E-state index in [9.17, 15) is 8.42 Å². The number of nitrogens with zero attached hydrogens (tertiary/aromatic N) is 2. The molecule has 3 aromatic carbocycles. The lowest BCUT2D eigenvalue weighted by Crippen LogP contribution is -2.16. The third-order valence-electron chi connectivity index (χ3n) is 5.00. The Morgan fingerprint density at radius 2 is 1.58 bits per heavy atom. The van der Waals surface area contributed by atoms with Gasteiger partial charge in [0.1, 0.15) is 5.75 Å². The van der Waals surface area contributed by atoms with Crippen LogP contribution in [-0.4, -0.2) is 25.0 Å². The van der Waals surface area contributed by atoms with Crippen molar-refractivity contribution in [2.24, 2.45) is 0 Å². The number of hydrogen-bond donors (Lipinski definition) is 2. The number of rotatable bonds is 9. The number of hydrogen-bond acceptors (Lipinski definition) is 6. The van der Waals surface area contributed by atoms with E-state index in [0.29, 0.717) is 29.1 Å². The molecule has 33 heavy (non-hydrogen) atoms. The summed E-state index contributed by atoms with van der Waals surface area (Å²) in [7, 11) is -3.85. The monoisotopic (exact) mass is 462 g/mol. The van der Waals surface area contributed by atoms with Gasteiger partial charge < -0.3 is 10.1 Å². The number of para-hydroxylation sites is 2. The first kappa shape index (κ1) is 22.5. The highest BCUT2D eigenvalue weighted by atomic mass is 32.2. The molecule has 7 nitrogen and oxygen atoms in total. The summed E-state index contributed by atoms with van der Waals surface area (Å²) in [5.41, 5.74) is 2.92. The van der Waals surface area contributed by atoms with E-state index in [1.54, 1.807) is 30.3 Å². The highest BCUT2D eigenvalue weighted by molar-refractivity contribution is 7.92. The number of aryl methyl sites for hydroxylation is 1. The second-order valence-corrected chi connectivity index (χ2v) is 9.37. The van der Waals surface area contributed by atoms with Crippen molar-refractivity contribution >= 4 is 38.4 Å². The van der Waals surface area contributed by atoms with Crippen molar-refractivity contribution in [2.45, 2.75) is 31.6 Å². The fourth-order valence-electron chi connectivity index (χ4n) is 3.20. The summed E-state index contributed by atoms with van der Waals surface area (Å²) in [6.07, 6.45) is 2.02. The summed E-state index contributed by atoms with van der Waals surface area (Å²) in [6, 6.07) is 21.4. The lowest BCUT2D eigenvalue weighted by atomic mass is 10.2. The quantitative estimate of drug-likeness (QED) is 0.312. The van der Waals surface area contributed by atoms with Crippen LogP contribution in [0.4, 0.5) is 17.3 Å². The van der Waals surface area contributed by atoms with Gasteiger partial charge in [-0.15, -0.1) is 0 Å². The molecular formula is C25H26N4O3S. The van der Waals surface area contributed by atoms with E-state index in [0.717, 1.165) is 24.2 Å². The van der Waals surface area contributed by atoms with Gasteiger partial charge >= 0.3 is 0 Å². The molecule has 0 fully saturated rings. The van der Waals surface area contributed by atoms with Crippen molar-refractivity contribution in [1.29, 1.82) is 0 Å². The van der Waals surface area contributed by atoms with E-state index in [1.807, 2.05) is 49.4 Å². The van der Waals surface area contributed by atoms with Gasteiger partial charge in [0.2, 0.25) is 0 Å². The first-order valence-corrected chi connectivity index (χ1v) is 12.3. The smallest absolute Gasteiger partial charge is 0.263 e. The maximum atomic E-state index is 13.0. The molecule has 2 N–H and O–H groups in total. The highest BCUT2D eigenvalue weighted by Gasteiger charge is 2.19. The van der Waals surface area contributed by atoms with Crippen molar-refractivity contribution < 1.29 is 13.2 Å². The summed E-state index contributed by atoms with van der Waals surface area (Å²) in [6.45, 7) is 4.65. The number of benzene rings is 3. The van der Waals surface area contributed by atoms with Gasteiger partial charge in [-0.05, 0) is 49.7 Å². The van der Waals surface area contributed by atoms with Gasteiger partial charge in [0.25, 0.3) is 10.0 Å². The van der Waals surface area contributed by atoms with Crippen LogP contribution in [0.1, 0.15) is 25.3 Å². The van der Waals surface area contributed by atoms with Gasteiger partial charge in [0, 0.05) is 11.8 Å². The Morgan fingerprint density at radius 1 is 0.879 bits per heavy atom. The van der Waals surface area contributed by atoms with Gasteiger partial charge in [-0.25, -0.2) is 18.4 Å². The lowest BCUT2D eigenvalue weighted by molar-refractivity contribution is 0.309. The molecule has 1 heterocycles. The second kappa shape index (κ2) is 9.87. The van der Waals surface area contributed by atoms with Gasteiger partial charge in [-0.1, -0.05) is 49.2 Å². The van der Waals surface area contributed by atoms with Crippen LogP contribution in [0.25, 0.3) is 11.0 Å². The molecule has 1 aromatic heterocycles. The Labute approximate surface area is 193 Å². The van der Waals surface area contributed by atoms with Crippen LogP contribution >= 0.6 is 0 Å². The molecule has 0 radical (unpaired) electrons. The van der Waals surface area contributed by atoms with Crippen molar-refractivity contribution in [3.05, 3.63) is 78.4 Å². The molecule has 0 unspecified atom stereocenters. The Bertz CT molecular complexity index is 1360. The number of fused-ring (bicyclic) bond motifs is 1. The predicted octanol–water partition coefficient (Wildman–Crippen LogP) is 5.66. The summed E-state index contributed by atoms with van der Waals surface area (Å²) >= 11 is 0. The molecular weight excluding hydrogens is 436 g/mol. The minimum absolute atomic E-state index is 0.117. The summed E-state index contributed by atoms with van der Waals surface area (Å²) < 4.78 is 34.4. The largest absolute Gasteiger partial charge is 0.494 e. The standard InChI is InChI=1S/C25H26N4O3S/c1-3-4-16-32-20-9-7-8-19(17-20)26-24-25(28-23-11-6-5-10-22(23)27-24)29-33(30,31)21-14-12-18(2)13-15-21/h5-15,17H,3-4,16H2,1-2H3,(H,26,27)(H,28,29). The molecule has 170 valence electrons. The predicted molar refractivity (Wildman–Crippen MR) is 132 cm³/mol. The van der Waals surface area contributed by atoms with E-state index in [4.69, 9.17) is 4.74 Å². The minimum atomic E-state index is -3.85. The van der Waals surface area contributed by atoms with Crippen molar-refractivity contribution in [3.63, 3.8) is 0 Å². The molecule has 0 aliphatic carbocycles. The maximum absolute atomic E-state index is 13.0. The molecule has 0 amide bonds. The van der Waals surface area contributed by atoms with E-state index in [2.05, 4.69) is 26.9 Å². The third-order valence-corrected chi connectivity index (χ3v) is 6.35. The maximum Gasteiger partial charge on any atom is 0.263 e. The molecule has 0 aliphatic heterocycles. The first-order valence-electron chi connectivity index (χ1n) is 10.8. The average molecular weight is 463 g/mol. The fourth-order valence-corrected chi connectivity index (χ4v) is 4.21. The van der Waals surface area contributed by atoms with Crippen molar-refractivity contribution in [2.75, 3.05) is 16.6 Å². The number of unbranched alkanes of at least 4 members (excludes halogenated alkanes) is 1. The number of anilines is 3. The Kier molecular flexibility index (Phi) is 6.74. The zero-order valence-corrected chi connectivity index (χ0v) is 19.4. The van der Waals surface area contributed by atoms with Gasteiger partial charge in [-0.2, -0.15) is 0 Å². The van der Waals surface area contributed by atoms with Crippen molar-refractivity contribution in [1.82, 2.24) is 9.97 Å². The zero-order chi connectivity index (χ0) is 23.3. The minimum Gasteiger partial charge on any atom is -0.494 e. The number of sulfonamides is 1. The van der Waals surface area contributed by atoms with Crippen LogP contribution in [0.2, 0.25) is 0 Å². The highest BCUT2D eigenvalue weighted by Crippen LogP contribution is 2.28. The Morgan fingerprint density at radius 3 is 2.27 bits per heavy atom. The van der Waals surface area contributed by atoms with Crippen LogP contribution in [0.15, 0.2) is 77.7 Å². The van der Waals surface area contributed by atoms with E-state index in [1.165, 1.54) is 0 Å². The third kappa shape index (κ3) is 5.59. The van der Waals surface area contributed by atoms with E-state index in [-0.39, 0.29) is 10.7 Å². The molecule has 0 saturated carbocycles. The SMILES string of the molecule is CCCCOc1cccc(Nc2nc3ccccc3nc2NS(=O)(=O)c2ccc(C)cc2)c1. The molecule has 0 saturated heterocycles. The molecule has 0 aliphatic rings. The molecule has 4 rings (SSSR count). The van der Waals surface area contributed by atoms with Crippen molar-refractivity contribution in [3.8, 4) is 5.75 Å². The second-order valence-electron chi connectivity index (χ2n) is 7.68. The average Bonchev–Trinajstić information content (AvgIpc) is 2.80. The summed E-state index contributed by atoms with van der Waals surface area (Å²) in [5, 5.41) is 3.20. The molecule has 8 heteroatoms. The molecule has 0 bridgehead atoms. The molecule has 4 aromatic rings. The van der Waals surface area contributed by atoms with Crippen LogP contribution < -0.4 is 14.8 Å². The van der Waals surface area contributed by atoms with Gasteiger partial charge in [0.05, 0.1) is 22.5 Å². The van der Waals surface area contributed by atoms with Crippen LogP contribution in [0.5, 0.6) is 5.75 Å². The van der Waals surface area contributed by atoms with E-state index < -0.39 is 10.0 Å².